The molecule has 0 saturated carbocycles. The van der Waals surface area contributed by atoms with Crippen molar-refractivity contribution in [1.29, 1.82) is 0 Å². The van der Waals surface area contributed by atoms with Crippen LogP contribution in [0.1, 0.15) is 46.5 Å². The first-order chi connectivity index (χ1) is 7.52. The molecular formula is C14H26N2. The van der Waals surface area contributed by atoms with Crippen molar-refractivity contribution in [3.63, 3.8) is 0 Å². The van der Waals surface area contributed by atoms with E-state index in [0.717, 1.165) is 24.0 Å². The summed E-state index contributed by atoms with van der Waals surface area (Å²) < 4.78 is 0. The minimum atomic E-state index is 0.516. The van der Waals surface area contributed by atoms with Gasteiger partial charge in [-0.05, 0) is 37.0 Å². The zero-order chi connectivity index (χ0) is 11.3. The lowest BCUT2D eigenvalue weighted by molar-refractivity contribution is -0.0207. The van der Waals surface area contributed by atoms with Crippen molar-refractivity contribution in [3.05, 3.63) is 0 Å². The number of hydrogen-bond donors (Lipinski definition) is 1. The van der Waals surface area contributed by atoms with Gasteiger partial charge in [0.25, 0.3) is 0 Å². The molecule has 92 valence electrons. The van der Waals surface area contributed by atoms with Gasteiger partial charge < -0.3 is 5.32 Å². The first-order valence-electron chi connectivity index (χ1n) is 7.02. The molecular weight excluding hydrogens is 196 g/mol. The van der Waals surface area contributed by atoms with E-state index in [9.17, 15) is 0 Å². The van der Waals surface area contributed by atoms with Crippen LogP contribution in [0.2, 0.25) is 0 Å². The Bertz CT molecular complexity index is 250. The summed E-state index contributed by atoms with van der Waals surface area (Å²) in [6.45, 7) is 9.88. The molecule has 2 bridgehead atoms. The molecule has 0 aliphatic carbocycles. The van der Waals surface area contributed by atoms with Crippen LogP contribution in [-0.2, 0) is 0 Å². The number of nitrogens with zero attached hydrogens (tertiary/aromatic N) is 1. The van der Waals surface area contributed by atoms with Crippen LogP contribution in [0.15, 0.2) is 0 Å². The molecule has 2 unspecified atom stereocenters. The molecule has 0 spiro atoms. The SMILES string of the molecule is CC(C)(C)C1CN(C2CC3CCC(C2)N3)C1. The zero-order valence-electron chi connectivity index (χ0n) is 11.0. The van der Waals surface area contributed by atoms with Gasteiger partial charge in [-0.1, -0.05) is 20.8 Å². The number of nitrogens with one attached hydrogen (secondary N) is 1. The Labute approximate surface area is 99.8 Å². The standard InChI is InChI=1S/C14H26N2/c1-14(2,3)10-8-16(9-10)13-6-11-4-5-12(7-13)15-11/h10-13,15H,4-9H2,1-3H3. The van der Waals surface area contributed by atoms with Gasteiger partial charge in [0.1, 0.15) is 0 Å². The summed E-state index contributed by atoms with van der Waals surface area (Å²) in [6.07, 6.45) is 5.68. The smallest absolute Gasteiger partial charge is 0.0125 e. The average molecular weight is 222 g/mol. The predicted molar refractivity (Wildman–Crippen MR) is 67.5 cm³/mol. The quantitative estimate of drug-likeness (QED) is 0.732. The molecule has 3 fully saturated rings. The summed E-state index contributed by atoms with van der Waals surface area (Å²) >= 11 is 0. The molecule has 3 aliphatic rings. The third-order valence-corrected chi connectivity index (χ3v) is 5.10. The summed E-state index contributed by atoms with van der Waals surface area (Å²) in [4.78, 5) is 2.75. The second-order valence-electron chi connectivity index (χ2n) is 7.28. The average Bonchev–Trinajstić information content (AvgIpc) is 2.40. The van der Waals surface area contributed by atoms with Gasteiger partial charge in [-0.2, -0.15) is 0 Å². The highest BCUT2D eigenvalue weighted by Gasteiger charge is 2.43. The molecule has 2 heteroatoms. The van der Waals surface area contributed by atoms with Crippen molar-refractivity contribution in [2.75, 3.05) is 13.1 Å². The Balaban J connectivity index is 1.54. The number of rotatable bonds is 1. The number of likely N-dealkylation sites (tertiary alicyclic amines) is 1. The highest BCUT2D eigenvalue weighted by molar-refractivity contribution is 4.99. The summed E-state index contributed by atoms with van der Waals surface area (Å²) in [6, 6.07) is 2.59. The summed E-state index contributed by atoms with van der Waals surface area (Å²) in [5.74, 6) is 0.931. The summed E-state index contributed by atoms with van der Waals surface area (Å²) in [5, 5.41) is 3.74. The molecule has 3 aliphatic heterocycles. The molecule has 0 aromatic carbocycles. The molecule has 0 aromatic rings. The van der Waals surface area contributed by atoms with E-state index < -0.39 is 0 Å². The van der Waals surface area contributed by atoms with Gasteiger partial charge in [-0.15, -0.1) is 0 Å². The van der Waals surface area contributed by atoms with Crippen molar-refractivity contribution < 1.29 is 0 Å². The van der Waals surface area contributed by atoms with E-state index >= 15 is 0 Å². The van der Waals surface area contributed by atoms with Crippen LogP contribution in [0.5, 0.6) is 0 Å². The summed E-state index contributed by atoms with van der Waals surface area (Å²) in [5.41, 5.74) is 0.516. The van der Waals surface area contributed by atoms with Gasteiger partial charge >= 0.3 is 0 Å². The van der Waals surface area contributed by atoms with E-state index in [1.54, 1.807) is 0 Å². The molecule has 3 heterocycles. The minimum absolute atomic E-state index is 0.516. The monoisotopic (exact) mass is 222 g/mol. The molecule has 0 radical (unpaired) electrons. The molecule has 3 saturated heterocycles. The van der Waals surface area contributed by atoms with Crippen LogP contribution in [0, 0.1) is 11.3 Å². The predicted octanol–water partition coefficient (Wildman–Crippen LogP) is 2.25. The van der Waals surface area contributed by atoms with Crippen molar-refractivity contribution in [1.82, 2.24) is 10.2 Å². The zero-order valence-corrected chi connectivity index (χ0v) is 11.0. The number of hydrogen-bond acceptors (Lipinski definition) is 2. The fourth-order valence-corrected chi connectivity index (χ4v) is 3.68. The van der Waals surface area contributed by atoms with Gasteiger partial charge in [-0.25, -0.2) is 0 Å². The summed E-state index contributed by atoms with van der Waals surface area (Å²) in [7, 11) is 0. The van der Waals surface area contributed by atoms with Gasteiger partial charge in [0.15, 0.2) is 0 Å². The van der Waals surface area contributed by atoms with Crippen molar-refractivity contribution in [2.24, 2.45) is 11.3 Å². The maximum atomic E-state index is 3.74. The maximum absolute atomic E-state index is 3.74. The minimum Gasteiger partial charge on any atom is -0.311 e. The maximum Gasteiger partial charge on any atom is 0.0125 e. The topological polar surface area (TPSA) is 15.3 Å². The highest BCUT2D eigenvalue weighted by atomic mass is 15.2. The Morgan fingerprint density at radius 3 is 2.06 bits per heavy atom. The largest absolute Gasteiger partial charge is 0.311 e. The normalized spacial score (nSPS) is 41.1. The van der Waals surface area contributed by atoms with Crippen LogP contribution >= 0.6 is 0 Å². The van der Waals surface area contributed by atoms with Crippen molar-refractivity contribution >= 4 is 0 Å². The second kappa shape index (κ2) is 3.71. The molecule has 1 N–H and O–H groups in total. The van der Waals surface area contributed by atoms with Gasteiger partial charge in [0, 0.05) is 31.2 Å². The molecule has 2 atom stereocenters. The first-order valence-corrected chi connectivity index (χ1v) is 7.02. The van der Waals surface area contributed by atoms with Gasteiger partial charge in [-0.3, -0.25) is 4.90 Å². The van der Waals surface area contributed by atoms with E-state index in [2.05, 4.69) is 31.0 Å². The second-order valence-corrected chi connectivity index (χ2v) is 7.28. The van der Waals surface area contributed by atoms with E-state index in [0.29, 0.717) is 5.41 Å². The lowest BCUT2D eigenvalue weighted by atomic mass is 9.75. The molecule has 2 nitrogen and oxygen atoms in total. The third kappa shape index (κ3) is 1.91. The van der Waals surface area contributed by atoms with Crippen LogP contribution in [0.3, 0.4) is 0 Å². The third-order valence-electron chi connectivity index (χ3n) is 5.10. The fourth-order valence-electron chi connectivity index (χ4n) is 3.68. The van der Waals surface area contributed by atoms with E-state index in [1.807, 2.05) is 0 Å². The Morgan fingerprint density at radius 1 is 1.00 bits per heavy atom. The van der Waals surface area contributed by atoms with E-state index in [-0.39, 0.29) is 0 Å². The van der Waals surface area contributed by atoms with E-state index in [4.69, 9.17) is 0 Å². The molecule has 16 heavy (non-hydrogen) atoms. The number of fused-ring (bicyclic) bond motifs is 2. The molecule has 0 aromatic heterocycles. The Kier molecular flexibility index (Phi) is 2.56. The Morgan fingerprint density at radius 2 is 1.56 bits per heavy atom. The van der Waals surface area contributed by atoms with Crippen LogP contribution in [0.25, 0.3) is 0 Å². The van der Waals surface area contributed by atoms with Crippen molar-refractivity contribution in [3.8, 4) is 0 Å². The Hall–Kier alpha value is -0.0800. The van der Waals surface area contributed by atoms with Crippen LogP contribution in [-0.4, -0.2) is 36.1 Å². The fraction of sp³-hybridized carbons (Fsp3) is 1.00. The van der Waals surface area contributed by atoms with Crippen LogP contribution < -0.4 is 5.32 Å². The lowest BCUT2D eigenvalue weighted by Crippen LogP contribution is -2.59. The lowest BCUT2D eigenvalue weighted by Gasteiger charge is -2.51. The van der Waals surface area contributed by atoms with E-state index in [1.165, 1.54) is 38.8 Å². The number of piperidine rings is 1. The highest BCUT2D eigenvalue weighted by Crippen LogP contribution is 2.38. The molecule has 3 rings (SSSR count). The van der Waals surface area contributed by atoms with Gasteiger partial charge in [0.2, 0.25) is 0 Å². The van der Waals surface area contributed by atoms with Crippen molar-refractivity contribution in [2.45, 2.75) is 64.6 Å². The first kappa shape index (κ1) is 11.0. The molecule has 0 amide bonds. The van der Waals surface area contributed by atoms with Gasteiger partial charge in [0.05, 0.1) is 0 Å². The van der Waals surface area contributed by atoms with Crippen LogP contribution in [0.4, 0.5) is 0 Å².